The van der Waals surface area contributed by atoms with Crippen LogP contribution >= 0.6 is 0 Å². The first-order chi connectivity index (χ1) is 6.02. The molecule has 1 saturated heterocycles. The second-order valence-electron chi connectivity index (χ2n) is 4.41. The number of imide groups is 1. The number of hydrogen-bond donors (Lipinski definition) is 1. The molecule has 0 aromatic carbocycles. The fourth-order valence-electron chi connectivity index (χ4n) is 1.56. The second kappa shape index (κ2) is 2.47. The molecule has 0 bridgehead atoms. The third kappa shape index (κ3) is 1.41. The van der Waals surface area contributed by atoms with Crippen molar-refractivity contribution in [2.24, 2.45) is 5.41 Å². The van der Waals surface area contributed by atoms with Gasteiger partial charge < -0.3 is 5.32 Å². The van der Waals surface area contributed by atoms with Gasteiger partial charge in [0.15, 0.2) is 0 Å². The van der Waals surface area contributed by atoms with E-state index < -0.39 is 0 Å². The molecular formula is C9H14N2O2. The second-order valence-corrected chi connectivity index (χ2v) is 4.41. The molecule has 13 heavy (non-hydrogen) atoms. The summed E-state index contributed by atoms with van der Waals surface area (Å²) in [5.41, 5.74) is 0.205. The number of nitrogens with one attached hydrogen (secondary N) is 1. The first kappa shape index (κ1) is 8.53. The monoisotopic (exact) mass is 182 g/mol. The molecule has 1 N–H and O–H groups in total. The Morgan fingerprint density at radius 3 is 2.54 bits per heavy atom. The number of carbonyl (C=O) groups excluding carboxylic acids is 2. The first-order valence-corrected chi connectivity index (χ1v) is 4.64. The van der Waals surface area contributed by atoms with Gasteiger partial charge in [-0.1, -0.05) is 6.92 Å². The van der Waals surface area contributed by atoms with E-state index >= 15 is 0 Å². The molecule has 0 spiro atoms. The highest BCUT2D eigenvalue weighted by molar-refractivity contribution is 6.03. The number of rotatable bonds is 2. The first-order valence-electron chi connectivity index (χ1n) is 4.64. The van der Waals surface area contributed by atoms with Crippen LogP contribution in [-0.4, -0.2) is 29.4 Å². The van der Waals surface area contributed by atoms with Gasteiger partial charge in [0.2, 0.25) is 0 Å². The average molecular weight is 182 g/mol. The van der Waals surface area contributed by atoms with Gasteiger partial charge in [0.05, 0.1) is 0 Å². The van der Waals surface area contributed by atoms with Crippen LogP contribution in [0.25, 0.3) is 0 Å². The van der Waals surface area contributed by atoms with Crippen LogP contribution < -0.4 is 5.32 Å². The quantitative estimate of drug-likeness (QED) is 0.640. The van der Waals surface area contributed by atoms with E-state index in [0.29, 0.717) is 6.54 Å². The van der Waals surface area contributed by atoms with E-state index in [2.05, 4.69) is 12.2 Å². The molecule has 1 atom stereocenters. The van der Waals surface area contributed by atoms with Crippen molar-refractivity contribution in [2.45, 2.75) is 32.7 Å². The molecule has 72 valence electrons. The Kier molecular flexibility index (Phi) is 1.62. The highest BCUT2D eigenvalue weighted by Gasteiger charge is 2.45. The number of urea groups is 1. The number of hydrogen-bond acceptors (Lipinski definition) is 2. The molecule has 2 rings (SSSR count). The predicted octanol–water partition coefficient (Wildman–Crippen LogP) is 0.727. The van der Waals surface area contributed by atoms with Gasteiger partial charge in [0.1, 0.15) is 6.04 Å². The zero-order valence-electron chi connectivity index (χ0n) is 7.96. The summed E-state index contributed by atoms with van der Waals surface area (Å²) in [6.07, 6.45) is 2.25. The minimum absolute atomic E-state index is 0.0851. The summed E-state index contributed by atoms with van der Waals surface area (Å²) in [6, 6.07) is -0.569. The normalized spacial score (nSPS) is 30.6. The third-order valence-electron chi connectivity index (χ3n) is 2.86. The Morgan fingerprint density at radius 1 is 1.54 bits per heavy atom. The molecular weight excluding hydrogens is 168 g/mol. The van der Waals surface area contributed by atoms with Gasteiger partial charge in [-0.25, -0.2) is 4.79 Å². The lowest BCUT2D eigenvalue weighted by Crippen LogP contribution is -2.35. The fourth-order valence-corrected chi connectivity index (χ4v) is 1.56. The van der Waals surface area contributed by atoms with Crippen molar-refractivity contribution in [1.82, 2.24) is 10.2 Å². The van der Waals surface area contributed by atoms with E-state index in [0.717, 1.165) is 12.8 Å². The van der Waals surface area contributed by atoms with Crippen LogP contribution in [0.3, 0.4) is 0 Å². The van der Waals surface area contributed by atoms with E-state index in [1.807, 2.05) is 0 Å². The Bertz CT molecular complexity index is 271. The van der Waals surface area contributed by atoms with E-state index in [1.165, 1.54) is 4.90 Å². The van der Waals surface area contributed by atoms with E-state index in [-0.39, 0.29) is 23.4 Å². The van der Waals surface area contributed by atoms with Crippen LogP contribution in [0.1, 0.15) is 26.7 Å². The van der Waals surface area contributed by atoms with Crippen molar-refractivity contribution in [1.29, 1.82) is 0 Å². The third-order valence-corrected chi connectivity index (χ3v) is 2.86. The van der Waals surface area contributed by atoms with E-state index in [9.17, 15) is 9.59 Å². The maximum atomic E-state index is 11.5. The van der Waals surface area contributed by atoms with E-state index in [1.54, 1.807) is 6.92 Å². The topological polar surface area (TPSA) is 49.4 Å². The molecule has 0 aromatic heterocycles. The highest BCUT2D eigenvalue weighted by Crippen LogP contribution is 2.45. The van der Waals surface area contributed by atoms with E-state index in [4.69, 9.17) is 0 Å². The molecule has 0 unspecified atom stereocenters. The highest BCUT2D eigenvalue weighted by atomic mass is 16.2. The average Bonchev–Trinajstić information content (AvgIpc) is 2.73. The molecule has 4 nitrogen and oxygen atoms in total. The van der Waals surface area contributed by atoms with Gasteiger partial charge in [-0.05, 0) is 25.2 Å². The Hall–Kier alpha value is -1.06. The van der Waals surface area contributed by atoms with Crippen molar-refractivity contribution in [3.63, 3.8) is 0 Å². The van der Waals surface area contributed by atoms with Crippen LogP contribution in [-0.2, 0) is 4.79 Å². The van der Waals surface area contributed by atoms with Crippen LogP contribution in [0.5, 0.6) is 0 Å². The van der Waals surface area contributed by atoms with Gasteiger partial charge in [-0.15, -0.1) is 0 Å². The van der Waals surface area contributed by atoms with Gasteiger partial charge >= 0.3 is 6.03 Å². The molecule has 1 aliphatic heterocycles. The molecule has 4 heteroatoms. The lowest BCUT2D eigenvalue weighted by molar-refractivity contribution is -0.127. The number of carbonyl (C=O) groups is 2. The van der Waals surface area contributed by atoms with Crippen molar-refractivity contribution >= 4 is 11.9 Å². The van der Waals surface area contributed by atoms with Crippen molar-refractivity contribution in [3.8, 4) is 0 Å². The Morgan fingerprint density at radius 2 is 2.15 bits per heavy atom. The van der Waals surface area contributed by atoms with Crippen molar-refractivity contribution in [2.75, 3.05) is 6.54 Å². The van der Waals surface area contributed by atoms with Crippen LogP contribution in [0.15, 0.2) is 0 Å². The molecule has 1 saturated carbocycles. The molecule has 3 amide bonds. The smallest absolute Gasteiger partial charge is 0.324 e. The lowest BCUT2D eigenvalue weighted by Gasteiger charge is -2.16. The molecule has 0 radical (unpaired) electrons. The summed E-state index contributed by atoms with van der Waals surface area (Å²) >= 11 is 0. The van der Waals surface area contributed by atoms with Crippen molar-refractivity contribution < 1.29 is 9.59 Å². The summed E-state index contributed by atoms with van der Waals surface area (Å²) in [7, 11) is 0. The van der Waals surface area contributed by atoms with Gasteiger partial charge in [-0.2, -0.15) is 0 Å². The van der Waals surface area contributed by atoms with Crippen LogP contribution in [0.4, 0.5) is 4.79 Å². The summed E-state index contributed by atoms with van der Waals surface area (Å²) in [5.74, 6) is -0.0851. The summed E-state index contributed by atoms with van der Waals surface area (Å²) in [6.45, 7) is 4.41. The summed E-state index contributed by atoms with van der Waals surface area (Å²) in [4.78, 5) is 24.1. The minimum Gasteiger partial charge on any atom is -0.326 e. The fraction of sp³-hybridized carbons (Fsp3) is 0.778. The Balaban J connectivity index is 2.05. The van der Waals surface area contributed by atoms with Crippen LogP contribution in [0, 0.1) is 5.41 Å². The number of amides is 3. The van der Waals surface area contributed by atoms with Crippen LogP contribution in [0.2, 0.25) is 0 Å². The Labute approximate surface area is 77.3 Å². The maximum Gasteiger partial charge on any atom is 0.324 e. The van der Waals surface area contributed by atoms with Gasteiger partial charge in [0, 0.05) is 6.54 Å². The molecule has 1 aliphatic carbocycles. The minimum atomic E-state index is -0.338. The number of nitrogens with zero attached hydrogens (tertiary/aromatic N) is 1. The lowest BCUT2D eigenvalue weighted by atomic mass is 10.1. The van der Waals surface area contributed by atoms with Gasteiger partial charge in [0.25, 0.3) is 5.91 Å². The SMILES string of the molecule is C[C@@H]1NC(=O)N(CC2(C)CC2)C1=O. The predicted molar refractivity (Wildman–Crippen MR) is 47.0 cm³/mol. The molecule has 2 fully saturated rings. The van der Waals surface area contributed by atoms with Gasteiger partial charge in [-0.3, -0.25) is 9.69 Å². The molecule has 0 aromatic rings. The summed E-state index contributed by atoms with van der Waals surface area (Å²) < 4.78 is 0. The molecule has 2 aliphatic rings. The summed E-state index contributed by atoms with van der Waals surface area (Å²) in [5, 5.41) is 2.60. The zero-order chi connectivity index (χ0) is 9.64. The largest absolute Gasteiger partial charge is 0.326 e. The zero-order valence-corrected chi connectivity index (χ0v) is 7.96. The maximum absolute atomic E-state index is 11.5. The molecule has 1 heterocycles. The standard InChI is InChI=1S/C9H14N2O2/c1-6-7(12)11(8(13)10-6)5-9(2)3-4-9/h6H,3-5H2,1-2H3,(H,10,13)/t6-/m0/s1. The van der Waals surface area contributed by atoms with Crippen molar-refractivity contribution in [3.05, 3.63) is 0 Å².